The average Bonchev–Trinajstić information content (AvgIpc) is 2.89. The molecule has 0 amide bonds. The summed E-state index contributed by atoms with van der Waals surface area (Å²) in [5.74, 6) is 1.00. The molecule has 0 atom stereocenters. The second-order valence-corrected chi connectivity index (χ2v) is 4.37. The number of hydrogen-bond donors (Lipinski definition) is 0. The molecule has 0 aliphatic carbocycles. The van der Waals surface area contributed by atoms with Crippen LogP contribution in [-0.2, 0) is 13.0 Å². The van der Waals surface area contributed by atoms with Gasteiger partial charge in [-0.15, -0.1) is 0 Å². The van der Waals surface area contributed by atoms with Crippen molar-refractivity contribution in [3.05, 3.63) is 40.5 Å². The van der Waals surface area contributed by atoms with Gasteiger partial charge in [0.15, 0.2) is 5.52 Å². The standard InChI is InChI=1S/C13H10N2O2/c16-13-11-12(15-7-3-6-10(15)14-11)8-4-1-2-5-9(8)17-13/h1-2,4-5H,3,6-7H2. The van der Waals surface area contributed by atoms with E-state index >= 15 is 0 Å². The van der Waals surface area contributed by atoms with Gasteiger partial charge >= 0.3 is 5.63 Å². The summed E-state index contributed by atoms with van der Waals surface area (Å²) in [5.41, 5.74) is 1.71. The Hall–Kier alpha value is -2.10. The molecule has 4 heteroatoms. The molecule has 0 bridgehead atoms. The predicted octanol–water partition coefficient (Wildman–Crippen LogP) is 2.09. The van der Waals surface area contributed by atoms with Gasteiger partial charge < -0.3 is 8.98 Å². The second kappa shape index (κ2) is 2.97. The van der Waals surface area contributed by atoms with Gasteiger partial charge in [0.05, 0.1) is 5.52 Å². The number of aromatic nitrogens is 2. The zero-order chi connectivity index (χ0) is 11.4. The van der Waals surface area contributed by atoms with Crippen LogP contribution in [0.5, 0.6) is 0 Å². The van der Waals surface area contributed by atoms with Gasteiger partial charge in [-0.2, -0.15) is 0 Å². The van der Waals surface area contributed by atoms with E-state index in [1.165, 1.54) is 0 Å². The van der Waals surface area contributed by atoms with Gasteiger partial charge in [0, 0.05) is 18.4 Å². The van der Waals surface area contributed by atoms with Gasteiger partial charge in [-0.25, -0.2) is 9.78 Å². The molecular weight excluding hydrogens is 216 g/mol. The molecule has 0 spiro atoms. The quantitative estimate of drug-likeness (QED) is 0.551. The third-order valence-electron chi connectivity index (χ3n) is 3.37. The number of para-hydroxylation sites is 1. The van der Waals surface area contributed by atoms with Crippen molar-refractivity contribution in [1.82, 2.24) is 9.55 Å². The monoisotopic (exact) mass is 226 g/mol. The highest BCUT2D eigenvalue weighted by atomic mass is 16.4. The van der Waals surface area contributed by atoms with E-state index in [-0.39, 0.29) is 5.63 Å². The van der Waals surface area contributed by atoms with Gasteiger partial charge in [-0.05, 0) is 18.6 Å². The summed E-state index contributed by atoms with van der Waals surface area (Å²) in [6.45, 7) is 0.944. The molecule has 0 fully saturated rings. The summed E-state index contributed by atoms with van der Waals surface area (Å²) in [5, 5.41) is 0.975. The SMILES string of the molecule is O=c1oc2ccccc2c2c1nc1n2CCC1. The van der Waals surface area contributed by atoms with Crippen molar-refractivity contribution in [3.8, 4) is 0 Å². The Kier molecular flexibility index (Phi) is 1.57. The summed E-state index contributed by atoms with van der Waals surface area (Å²) < 4.78 is 7.43. The molecule has 1 aromatic carbocycles. The van der Waals surface area contributed by atoms with E-state index in [2.05, 4.69) is 9.55 Å². The second-order valence-electron chi connectivity index (χ2n) is 4.37. The third-order valence-corrected chi connectivity index (χ3v) is 3.37. The molecule has 2 aromatic heterocycles. The molecule has 0 saturated carbocycles. The zero-order valence-electron chi connectivity index (χ0n) is 9.14. The van der Waals surface area contributed by atoms with E-state index in [4.69, 9.17) is 4.42 Å². The van der Waals surface area contributed by atoms with E-state index in [9.17, 15) is 4.79 Å². The molecule has 4 rings (SSSR count). The van der Waals surface area contributed by atoms with E-state index in [1.54, 1.807) is 0 Å². The van der Waals surface area contributed by atoms with Crippen molar-refractivity contribution in [2.24, 2.45) is 0 Å². The van der Waals surface area contributed by atoms with Crippen molar-refractivity contribution >= 4 is 22.0 Å². The van der Waals surface area contributed by atoms with Crippen LogP contribution in [0.25, 0.3) is 22.0 Å². The first-order chi connectivity index (χ1) is 8.34. The highest BCUT2D eigenvalue weighted by molar-refractivity contribution is 6.01. The van der Waals surface area contributed by atoms with Gasteiger partial charge in [0.1, 0.15) is 11.4 Å². The van der Waals surface area contributed by atoms with Crippen LogP contribution in [-0.4, -0.2) is 9.55 Å². The molecule has 0 saturated heterocycles. The molecule has 0 N–H and O–H groups in total. The highest BCUT2D eigenvalue weighted by Gasteiger charge is 2.20. The van der Waals surface area contributed by atoms with Crippen molar-refractivity contribution in [2.75, 3.05) is 0 Å². The Morgan fingerprint density at radius 2 is 2.18 bits per heavy atom. The molecule has 3 aromatic rings. The Balaban J connectivity index is 2.34. The summed E-state index contributed by atoms with van der Waals surface area (Å²) in [4.78, 5) is 16.3. The molecule has 1 aliphatic rings. The van der Waals surface area contributed by atoms with Crippen LogP contribution in [0.3, 0.4) is 0 Å². The third kappa shape index (κ3) is 1.07. The van der Waals surface area contributed by atoms with Crippen LogP contribution in [0.4, 0.5) is 0 Å². The fourth-order valence-corrected chi connectivity index (χ4v) is 2.64. The highest BCUT2D eigenvalue weighted by Crippen LogP contribution is 2.27. The maximum Gasteiger partial charge on any atom is 0.364 e. The van der Waals surface area contributed by atoms with E-state index in [1.807, 2.05) is 24.3 Å². The molecule has 3 heterocycles. The van der Waals surface area contributed by atoms with Crippen molar-refractivity contribution in [1.29, 1.82) is 0 Å². The Bertz CT molecular complexity index is 798. The smallest absolute Gasteiger partial charge is 0.364 e. The summed E-state index contributed by atoms with van der Waals surface area (Å²) in [7, 11) is 0. The molecular formula is C13H10N2O2. The lowest BCUT2D eigenvalue weighted by molar-refractivity contribution is 0.567. The van der Waals surface area contributed by atoms with Gasteiger partial charge in [0.25, 0.3) is 0 Å². The Labute approximate surface area is 96.5 Å². The lowest BCUT2D eigenvalue weighted by Crippen LogP contribution is -2.01. The maximum absolute atomic E-state index is 11.9. The predicted molar refractivity (Wildman–Crippen MR) is 64.1 cm³/mol. The number of fused-ring (bicyclic) bond motifs is 5. The van der Waals surface area contributed by atoms with E-state index in [0.717, 1.165) is 36.1 Å². The molecule has 0 unspecified atom stereocenters. The van der Waals surface area contributed by atoms with Crippen LogP contribution in [0.1, 0.15) is 12.2 Å². The number of aryl methyl sites for hydroxylation is 2. The molecule has 1 aliphatic heterocycles. The normalized spacial score (nSPS) is 14.6. The van der Waals surface area contributed by atoms with Crippen LogP contribution in [0.15, 0.2) is 33.5 Å². The minimum absolute atomic E-state index is 0.333. The first-order valence-corrected chi connectivity index (χ1v) is 5.75. The van der Waals surface area contributed by atoms with Crippen molar-refractivity contribution in [3.63, 3.8) is 0 Å². The first-order valence-electron chi connectivity index (χ1n) is 5.75. The molecule has 0 radical (unpaired) electrons. The minimum atomic E-state index is -0.333. The number of nitrogens with zero attached hydrogens (tertiary/aromatic N) is 2. The van der Waals surface area contributed by atoms with Crippen LogP contribution >= 0.6 is 0 Å². The largest absolute Gasteiger partial charge is 0.421 e. The minimum Gasteiger partial charge on any atom is -0.421 e. The number of hydrogen-bond acceptors (Lipinski definition) is 3. The number of benzene rings is 1. The van der Waals surface area contributed by atoms with Crippen LogP contribution < -0.4 is 5.63 Å². The van der Waals surface area contributed by atoms with Gasteiger partial charge in [0.2, 0.25) is 0 Å². The van der Waals surface area contributed by atoms with Crippen LogP contribution in [0, 0.1) is 0 Å². The van der Waals surface area contributed by atoms with E-state index in [0.29, 0.717) is 11.1 Å². The summed E-state index contributed by atoms with van der Waals surface area (Å²) in [6, 6.07) is 7.63. The Morgan fingerprint density at radius 1 is 1.29 bits per heavy atom. The Morgan fingerprint density at radius 3 is 3.12 bits per heavy atom. The van der Waals surface area contributed by atoms with Crippen molar-refractivity contribution in [2.45, 2.75) is 19.4 Å². The molecule has 4 nitrogen and oxygen atoms in total. The lowest BCUT2D eigenvalue weighted by Gasteiger charge is -2.01. The van der Waals surface area contributed by atoms with Gasteiger partial charge in [-0.1, -0.05) is 12.1 Å². The summed E-state index contributed by atoms with van der Waals surface area (Å²) >= 11 is 0. The fraction of sp³-hybridized carbons (Fsp3) is 0.231. The summed E-state index contributed by atoms with van der Waals surface area (Å²) in [6.07, 6.45) is 2.05. The van der Waals surface area contributed by atoms with Crippen LogP contribution in [0.2, 0.25) is 0 Å². The zero-order valence-corrected chi connectivity index (χ0v) is 9.14. The maximum atomic E-state index is 11.9. The molecule has 84 valence electrons. The number of imidazole rings is 1. The van der Waals surface area contributed by atoms with E-state index < -0.39 is 0 Å². The molecule has 17 heavy (non-hydrogen) atoms. The topological polar surface area (TPSA) is 48.0 Å². The average molecular weight is 226 g/mol. The van der Waals surface area contributed by atoms with Crippen molar-refractivity contribution < 1.29 is 4.42 Å². The number of rotatable bonds is 0. The first kappa shape index (κ1) is 8.98. The lowest BCUT2D eigenvalue weighted by atomic mass is 10.2. The van der Waals surface area contributed by atoms with Gasteiger partial charge in [-0.3, -0.25) is 0 Å². The fourth-order valence-electron chi connectivity index (χ4n) is 2.64.